The maximum atomic E-state index is 13.6. The molecular weight excluding hydrogens is 552 g/mol. The minimum Gasteiger partial charge on any atom is -0.363 e. The van der Waals surface area contributed by atoms with Gasteiger partial charge in [0.25, 0.3) is 17.4 Å². The van der Waals surface area contributed by atoms with E-state index in [1.165, 1.54) is 17.4 Å². The van der Waals surface area contributed by atoms with Crippen molar-refractivity contribution in [3.63, 3.8) is 0 Å². The second kappa shape index (κ2) is 10.4. The summed E-state index contributed by atoms with van der Waals surface area (Å²) >= 11 is 7.61. The number of amides is 2. The fraction of sp³-hybridized carbons (Fsp3) is 0.407. The van der Waals surface area contributed by atoms with Crippen molar-refractivity contribution in [2.75, 3.05) is 13.6 Å². The monoisotopic (exact) mass is 580 g/mol. The van der Waals surface area contributed by atoms with E-state index >= 15 is 0 Å². The molecule has 0 spiro atoms. The SMILES string of the molecule is Cc1cnc([C@H]2CC[C@H](n3c(C(N)=O)nc(=O)c4cc(Cl)ccc43)[C@H](NC(=O)c3nc4c(s3)CN(C)CC4)C2)[nH]1. The molecule has 2 aliphatic rings. The molecule has 1 aliphatic heterocycles. The summed E-state index contributed by atoms with van der Waals surface area (Å²) in [4.78, 5) is 58.9. The zero-order valence-electron chi connectivity index (χ0n) is 22.1. The number of nitrogens with zero attached hydrogens (tertiary/aromatic N) is 5. The second-order valence-corrected chi connectivity index (χ2v) is 12.1. The van der Waals surface area contributed by atoms with Gasteiger partial charge in [-0.3, -0.25) is 14.4 Å². The molecule has 1 aromatic carbocycles. The number of nitrogens with two attached hydrogens (primary N) is 1. The van der Waals surface area contributed by atoms with E-state index in [2.05, 4.69) is 37.2 Å². The highest BCUT2D eigenvalue weighted by atomic mass is 35.5. The van der Waals surface area contributed by atoms with Crippen LogP contribution < -0.4 is 16.6 Å². The summed E-state index contributed by atoms with van der Waals surface area (Å²) < 4.78 is 1.70. The van der Waals surface area contributed by atoms with E-state index in [1.807, 2.05) is 6.92 Å². The fourth-order valence-electron chi connectivity index (χ4n) is 5.88. The number of aryl methyl sites for hydroxylation is 1. The predicted octanol–water partition coefficient (Wildman–Crippen LogP) is 2.93. The average Bonchev–Trinajstić information content (AvgIpc) is 3.55. The topological polar surface area (TPSA) is 152 Å². The number of nitrogens with one attached hydrogen (secondary N) is 2. The van der Waals surface area contributed by atoms with Gasteiger partial charge in [0.2, 0.25) is 5.82 Å². The van der Waals surface area contributed by atoms with Gasteiger partial charge in [0.05, 0.1) is 28.7 Å². The maximum Gasteiger partial charge on any atom is 0.284 e. The van der Waals surface area contributed by atoms with Crippen molar-refractivity contribution in [2.24, 2.45) is 5.73 Å². The highest BCUT2D eigenvalue weighted by molar-refractivity contribution is 7.13. The van der Waals surface area contributed by atoms with Gasteiger partial charge in [-0.05, 0) is 51.4 Å². The molecule has 3 aromatic heterocycles. The number of aromatic nitrogens is 5. The average molecular weight is 581 g/mol. The van der Waals surface area contributed by atoms with Crippen molar-refractivity contribution in [3.8, 4) is 0 Å². The number of hydrogen-bond donors (Lipinski definition) is 3. The number of thiazole rings is 1. The minimum atomic E-state index is -0.820. The third kappa shape index (κ3) is 4.91. The van der Waals surface area contributed by atoms with Crippen LogP contribution in [0.25, 0.3) is 10.9 Å². The van der Waals surface area contributed by atoms with E-state index in [4.69, 9.17) is 17.3 Å². The number of hydrogen-bond acceptors (Lipinski definition) is 8. The highest BCUT2D eigenvalue weighted by Crippen LogP contribution is 2.39. The number of likely N-dealkylation sites (N-methyl/N-ethyl adjacent to an activating group) is 1. The summed E-state index contributed by atoms with van der Waals surface area (Å²) in [5.41, 5.74) is 7.57. The Morgan fingerprint density at radius 3 is 2.83 bits per heavy atom. The van der Waals surface area contributed by atoms with Crippen LogP contribution in [-0.4, -0.2) is 60.9 Å². The molecule has 208 valence electrons. The number of imidazole rings is 1. The van der Waals surface area contributed by atoms with Crippen LogP contribution in [0.5, 0.6) is 0 Å². The van der Waals surface area contributed by atoms with Crippen molar-refractivity contribution in [3.05, 3.63) is 72.7 Å². The van der Waals surface area contributed by atoms with E-state index in [0.717, 1.165) is 48.0 Å². The van der Waals surface area contributed by atoms with Crippen LogP contribution in [0.15, 0.2) is 29.2 Å². The van der Waals surface area contributed by atoms with E-state index in [9.17, 15) is 14.4 Å². The lowest BCUT2D eigenvalue weighted by atomic mass is 9.81. The molecule has 4 N–H and O–H groups in total. The molecule has 13 heteroatoms. The van der Waals surface area contributed by atoms with Crippen LogP contribution in [0.4, 0.5) is 0 Å². The predicted molar refractivity (Wildman–Crippen MR) is 152 cm³/mol. The van der Waals surface area contributed by atoms with Gasteiger partial charge in [-0.15, -0.1) is 11.3 Å². The van der Waals surface area contributed by atoms with E-state index in [-0.39, 0.29) is 23.0 Å². The molecule has 0 bridgehead atoms. The maximum absolute atomic E-state index is 13.6. The minimum absolute atomic E-state index is 0.0541. The third-order valence-electron chi connectivity index (χ3n) is 7.79. The molecule has 1 saturated carbocycles. The molecule has 11 nitrogen and oxygen atoms in total. The van der Waals surface area contributed by atoms with Crippen LogP contribution in [0, 0.1) is 6.92 Å². The number of primary amides is 1. The van der Waals surface area contributed by atoms with E-state index < -0.39 is 23.6 Å². The quantitative estimate of drug-likeness (QED) is 0.328. The lowest BCUT2D eigenvalue weighted by Crippen LogP contribution is -2.46. The van der Waals surface area contributed by atoms with Crippen LogP contribution in [-0.2, 0) is 13.0 Å². The Balaban J connectivity index is 1.41. The Kier molecular flexibility index (Phi) is 6.93. The zero-order chi connectivity index (χ0) is 28.1. The Hall–Kier alpha value is -3.61. The number of benzene rings is 1. The standard InChI is InChI=1S/C27H29ClN8O3S/c1-13-11-30-23(31-13)14-3-5-20(36-19-6-4-15(28)10-16(19)25(38)34-24(36)22(29)37)18(9-14)32-26(39)27-33-17-7-8-35(2)12-21(17)40-27/h4,6,10-11,14,18,20H,3,5,7-9,12H2,1-2H3,(H2,29,37)(H,30,31)(H,32,39)/t14-,18+,20-/m0/s1. The first-order chi connectivity index (χ1) is 19.2. The number of carbonyl (C=O) groups excluding carboxylic acids is 2. The Labute approximate surface area is 238 Å². The molecule has 2 amide bonds. The number of H-pyrrole nitrogens is 1. The molecule has 4 heterocycles. The summed E-state index contributed by atoms with van der Waals surface area (Å²) in [7, 11) is 2.05. The van der Waals surface area contributed by atoms with E-state index in [0.29, 0.717) is 28.4 Å². The third-order valence-corrected chi connectivity index (χ3v) is 9.11. The largest absolute Gasteiger partial charge is 0.363 e. The normalized spacial score (nSPS) is 21.3. The summed E-state index contributed by atoms with van der Waals surface area (Å²) in [6, 6.07) is 4.05. The highest BCUT2D eigenvalue weighted by Gasteiger charge is 2.37. The molecule has 0 unspecified atom stereocenters. The van der Waals surface area contributed by atoms with Crippen molar-refractivity contribution in [2.45, 2.75) is 57.2 Å². The molecule has 1 aliphatic carbocycles. The number of halogens is 1. The van der Waals surface area contributed by atoms with Gasteiger partial charge in [0, 0.05) is 47.2 Å². The van der Waals surface area contributed by atoms with Crippen LogP contribution in [0.2, 0.25) is 5.02 Å². The summed E-state index contributed by atoms with van der Waals surface area (Å²) in [6.07, 6.45) is 4.47. The van der Waals surface area contributed by atoms with E-state index in [1.54, 1.807) is 22.9 Å². The molecule has 6 rings (SSSR count). The lowest BCUT2D eigenvalue weighted by molar-refractivity contribution is 0.0899. The molecule has 1 fully saturated rings. The number of carbonyl (C=O) groups is 2. The zero-order valence-corrected chi connectivity index (χ0v) is 23.7. The number of rotatable bonds is 5. The molecule has 40 heavy (non-hydrogen) atoms. The van der Waals surface area contributed by atoms with Crippen molar-refractivity contribution < 1.29 is 9.59 Å². The summed E-state index contributed by atoms with van der Waals surface area (Å²) in [5, 5.41) is 4.29. The number of fused-ring (bicyclic) bond motifs is 2. The van der Waals surface area contributed by atoms with Crippen molar-refractivity contribution >= 4 is 45.7 Å². The smallest absolute Gasteiger partial charge is 0.284 e. The first-order valence-corrected chi connectivity index (χ1v) is 14.4. The lowest BCUT2D eigenvalue weighted by Gasteiger charge is -2.38. The molecule has 0 saturated heterocycles. The van der Waals surface area contributed by atoms with Crippen LogP contribution >= 0.6 is 22.9 Å². The second-order valence-electron chi connectivity index (χ2n) is 10.6. The van der Waals surface area contributed by atoms with Crippen LogP contribution in [0.3, 0.4) is 0 Å². The fourth-order valence-corrected chi connectivity index (χ4v) is 7.14. The van der Waals surface area contributed by atoms with Gasteiger partial charge >= 0.3 is 0 Å². The Morgan fingerprint density at radius 2 is 2.08 bits per heavy atom. The van der Waals surface area contributed by atoms with Crippen molar-refractivity contribution in [1.82, 2.24) is 34.7 Å². The van der Waals surface area contributed by atoms with Gasteiger partial charge < -0.3 is 25.5 Å². The molecule has 0 radical (unpaired) electrons. The summed E-state index contributed by atoms with van der Waals surface area (Å²) in [6.45, 7) is 3.62. The molecular formula is C27H29ClN8O3S. The van der Waals surface area contributed by atoms with Gasteiger partial charge in [-0.25, -0.2) is 9.97 Å². The number of aromatic amines is 1. The Bertz CT molecular complexity index is 1690. The van der Waals surface area contributed by atoms with Gasteiger partial charge in [0.15, 0.2) is 5.01 Å². The molecule has 4 aromatic rings. The molecule has 3 atom stereocenters. The van der Waals surface area contributed by atoms with Gasteiger partial charge in [0.1, 0.15) is 5.82 Å². The first kappa shape index (κ1) is 26.6. The van der Waals surface area contributed by atoms with Gasteiger partial charge in [-0.1, -0.05) is 11.6 Å². The van der Waals surface area contributed by atoms with Gasteiger partial charge in [-0.2, -0.15) is 4.98 Å². The first-order valence-electron chi connectivity index (χ1n) is 13.2. The summed E-state index contributed by atoms with van der Waals surface area (Å²) in [5.74, 6) is -0.329. The Morgan fingerprint density at radius 1 is 1.25 bits per heavy atom. The van der Waals surface area contributed by atoms with Crippen LogP contribution in [0.1, 0.15) is 73.7 Å². The van der Waals surface area contributed by atoms with Crippen molar-refractivity contribution in [1.29, 1.82) is 0 Å².